The molecular formula is C9H10O5. The van der Waals surface area contributed by atoms with Crippen molar-refractivity contribution in [2.75, 3.05) is 0 Å². The molecule has 0 aromatic carbocycles. The molecule has 0 aliphatic rings. The van der Waals surface area contributed by atoms with Gasteiger partial charge in [-0.1, -0.05) is 13.2 Å². The zero-order chi connectivity index (χ0) is 11.3. The highest BCUT2D eigenvalue weighted by atomic mass is 16.6. The van der Waals surface area contributed by atoms with Gasteiger partial charge in [0.2, 0.25) is 0 Å². The van der Waals surface area contributed by atoms with E-state index in [0.29, 0.717) is 0 Å². The maximum Gasteiger partial charge on any atom is 0.340 e. The lowest BCUT2D eigenvalue weighted by atomic mass is 10.2. The van der Waals surface area contributed by atoms with Crippen LogP contribution in [0.25, 0.3) is 0 Å². The number of aliphatic carboxylic acids is 1. The highest BCUT2D eigenvalue weighted by Gasteiger charge is 2.15. The number of carboxylic acid groups (broad SMARTS) is 1. The Hall–Kier alpha value is -1.91. The minimum absolute atomic E-state index is 0.0688. The number of carbonyl (C=O) groups is 3. The summed E-state index contributed by atoms with van der Waals surface area (Å²) in [6.07, 6.45) is -0.519. The largest absolute Gasteiger partial charge is 0.478 e. The SMILES string of the molecule is C=C(C)C(=O)OC(=O)CC(=C)C(=O)O. The third-order valence-electron chi connectivity index (χ3n) is 1.22. The molecule has 5 nitrogen and oxygen atoms in total. The number of carboxylic acids is 1. The van der Waals surface area contributed by atoms with Gasteiger partial charge in [-0.05, 0) is 6.92 Å². The third-order valence-corrected chi connectivity index (χ3v) is 1.22. The second kappa shape index (κ2) is 4.96. The maximum atomic E-state index is 10.9. The first-order chi connectivity index (χ1) is 6.34. The second-order valence-electron chi connectivity index (χ2n) is 2.63. The minimum atomic E-state index is -1.30. The Morgan fingerprint density at radius 1 is 1.29 bits per heavy atom. The van der Waals surface area contributed by atoms with Gasteiger partial charge in [0.1, 0.15) is 0 Å². The Labute approximate surface area is 80.7 Å². The molecular weight excluding hydrogens is 188 g/mol. The van der Waals surface area contributed by atoms with Gasteiger partial charge in [0, 0.05) is 11.1 Å². The van der Waals surface area contributed by atoms with E-state index in [1.807, 2.05) is 0 Å². The Morgan fingerprint density at radius 3 is 2.14 bits per heavy atom. The van der Waals surface area contributed by atoms with Crippen molar-refractivity contribution in [2.24, 2.45) is 0 Å². The summed E-state index contributed by atoms with van der Waals surface area (Å²) in [5, 5.41) is 8.36. The van der Waals surface area contributed by atoms with E-state index in [0.717, 1.165) is 0 Å². The van der Waals surface area contributed by atoms with Gasteiger partial charge in [-0.15, -0.1) is 0 Å². The summed E-state index contributed by atoms with van der Waals surface area (Å²) in [7, 11) is 0. The van der Waals surface area contributed by atoms with E-state index >= 15 is 0 Å². The summed E-state index contributed by atoms with van der Waals surface area (Å²) >= 11 is 0. The first-order valence-electron chi connectivity index (χ1n) is 3.66. The van der Waals surface area contributed by atoms with Crippen molar-refractivity contribution in [2.45, 2.75) is 13.3 Å². The van der Waals surface area contributed by atoms with Gasteiger partial charge in [-0.25, -0.2) is 9.59 Å². The summed E-state index contributed by atoms with van der Waals surface area (Å²) in [6.45, 7) is 7.75. The molecule has 0 bridgehead atoms. The first kappa shape index (κ1) is 12.1. The average molecular weight is 198 g/mol. The number of ether oxygens (including phenoxy) is 1. The molecule has 0 atom stereocenters. The van der Waals surface area contributed by atoms with Crippen molar-refractivity contribution in [1.29, 1.82) is 0 Å². The zero-order valence-electron chi connectivity index (χ0n) is 7.70. The lowest BCUT2D eigenvalue weighted by Crippen LogP contribution is -2.15. The van der Waals surface area contributed by atoms with E-state index in [-0.39, 0.29) is 11.1 Å². The van der Waals surface area contributed by atoms with Crippen LogP contribution in [0.3, 0.4) is 0 Å². The molecule has 1 N–H and O–H groups in total. The third kappa shape index (κ3) is 4.20. The number of hydrogen-bond acceptors (Lipinski definition) is 4. The van der Waals surface area contributed by atoms with E-state index in [1.165, 1.54) is 6.92 Å². The molecule has 0 saturated heterocycles. The molecule has 0 heterocycles. The van der Waals surface area contributed by atoms with Crippen LogP contribution in [0, 0.1) is 0 Å². The summed E-state index contributed by atoms with van der Waals surface area (Å²) in [6, 6.07) is 0. The predicted octanol–water partition coefficient (Wildman–Crippen LogP) is 0.663. The summed E-state index contributed by atoms with van der Waals surface area (Å²) in [5.74, 6) is -3.12. The van der Waals surface area contributed by atoms with Gasteiger partial charge in [-0.2, -0.15) is 0 Å². The normalized spacial score (nSPS) is 8.93. The smallest absolute Gasteiger partial charge is 0.340 e. The van der Waals surface area contributed by atoms with Gasteiger partial charge in [0.15, 0.2) is 0 Å². The Balaban J connectivity index is 4.12. The fraction of sp³-hybridized carbons (Fsp3) is 0.222. The molecule has 0 unspecified atom stereocenters. The molecule has 5 heteroatoms. The second-order valence-corrected chi connectivity index (χ2v) is 2.63. The Bertz CT molecular complexity index is 283. The zero-order valence-corrected chi connectivity index (χ0v) is 7.70. The number of rotatable bonds is 4. The number of carbonyl (C=O) groups excluding carboxylic acids is 2. The standard InChI is InChI=1S/C9H10O5/c1-5(2)9(13)14-7(10)4-6(3)8(11)12/h1,3-4H2,2H3,(H,11,12). The van der Waals surface area contributed by atoms with Crippen molar-refractivity contribution >= 4 is 17.9 Å². The average Bonchev–Trinajstić information content (AvgIpc) is 2.03. The van der Waals surface area contributed by atoms with Crippen LogP contribution >= 0.6 is 0 Å². The van der Waals surface area contributed by atoms with Crippen molar-refractivity contribution in [3.8, 4) is 0 Å². The van der Waals surface area contributed by atoms with Gasteiger partial charge in [0.25, 0.3) is 0 Å². The molecule has 14 heavy (non-hydrogen) atoms. The van der Waals surface area contributed by atoms with E-state index in [1.54, 1.807) is 0 Å². The quantitative estimate of drug-likeness (QED) is 0.407. The molecule has 0 aliphatic carbocycles. The Kier molecular flexibility index (Phi) is 4.28. The minimum Gasteiger partial charge on any atom is -0.478 e. The van der Waals surface area contributed by atoms with Crippen LogP contribution in [0.1, 0.15) is 13.3 Å². The van der Waals surface area contributed by atoms with Crippen LogP contribution in [-0.2, 0) is 19.1 Å². The molecule has 0 spiro atoms. The number of hydrogen-bond donors (Lipinski definition) is 1. The van der Waals surface area contributed by atoms with E-state index in [4.69, 9.17) is 5.11 Å². The predicted molar refractivity (Wildman–Crippen MR) is 47.3 cm³/mol. The summed E-state index contributed by atoms with van der Waals surface area (Å²) in [5.41, 5.74) is -0.260. The molecule has 0 aromatic rings. The molecule has 0 aromatic heterocycles. The van der Waals surface area contributed by atoms with E-state index in [9.17, 15) is 14.4 Å². The fourth-order valence-corrected chi connectivity index (χ4v) is 0.476. The topological polar surface area (TPSA) is 80.7 Å². The highest BCUT2D eigenvalue weighted by Crippen LogP contribution is 2.02. The molecule has 0 aliphatic heterocycles. The van der Waals surface area contributed by atoms with Crippen LogP contribution in [0.4, 0.5) is 0 Å². The molecule has 0 radical (unpaired) electrons. The van der Waals surface area contributed by atoms with Crippen LogP contribution in [0.15, 0.2) is 24.3 Å². The highest BCUT2D eigenvalue weighted by molar-refractivity contribution is 5.98. The van der Waals surface area contributed by atoms with Gasteiger partial charge in [0.05, 0.1) is 6.42 Å². The molecule has 0 rings (SSSR count). The van der Waals surface area contributed by atoms with Gasteiger partial charge >= 0.3 is 17.9 Å². The van der Waals surface area contributed by atoms with Crippen molar-refractivity contribution in [3.05, 3.63) is 24.3 Å². The van der Waals surface area contributed by atoms with E-state index in [2.05, 4.69) is 17.9 Å². The van der Waals surface area contributed by atoms with Crippen molar-refractivity contribution in [1.82, 2.24) is 0 Å². The fourth-order valence-electron chi connectivity index (χ4n) is 0.476. The molecule has 0 saturated carbocycles. The van der Waals surface area contributed by atoms with Crippen LogP contribution in [0.2, 0.25) is 0 Å². The summed E-state index contributed by atoms with van der Waals surface area (Å²) < 4.78 is 4.23. The number of esters is 2. The van der Waals surface area contributed by atoms with Crippen LogP contribution < -0.4 is 0 Å². The summed E-state index contributed by atoms with van der Waals surface area (Å²) in [4.78, 5) is 31.9. The lowest BCUT2D eigenvalue weighted by Gasteiger charge is -2.01. The molecule has 0 amide bonds. The van der Waals surface area contributed by atoms with Gasteiger partial charge in [-0.3, -0.25) is 4.79 Å². The monoisotopic (exact) mass is 198 g/mol. The van der Waals surface area contributed by atoms with Crippen molar-refractivity contribution < 1.29 is 24.2 Å². The molecule has 0 fully saturated rings. The Morgan fingerprint density at radius 2 is 1.79 bits per heavy atom. The molecule has 76 valence electrons. The van der Waals surface area contributed by atoms with Crippen molar-refractivity contribution in [3.63, 3.8) is 0 Å². The van der Waals surface area contributed by atoms with Crippen LogP contribution in [0.5, 0.6) is 0 Å². The maximum absolute atomic E-state index is 10.9. The van der Waals surface area contributed by atoms with Crippen LogP contribution in [-0.4, -0.2) is 23.0 Å². The first-order valence-corrected chi connectivity index (χ1v) is 3.66. The van der Waals surface area contributed by atoms with E-state index < -0.39 is 24.3 Å². The van der Waals surface area contributed by atoms with Gasteiger partial charge < -0.3 is 9.84 Å². The lowest BCUT2D eigenvalue weighted by molar-refractivity contribution is -0.157.